The largest absolute Gasteiger partial charge is 0.468 e. The van der Waals surface area contributed by atoms with Crippen LogP contribution in [0.1, 0.15) is 24.3 Å². The highest BCUT2D eigenvalue weighted by Gasteiger charge is 2.06. The maximum atomic E-state index is 5.34. The fraction of sp³-hybridized carbons (Fsp3) is 0.286. The van der Waals surface area contributed by atoms with E-state index < -0.39 is 0 Å². The molecule has 1 atom stereocenters. The summed E-state index contributed by atoms with van der Waals surface area (Å²) in [7, 11) is 0. The molecule has 1 N–H and O–H groups in total. The minimum Gasteiger partial charge on any atom is -0.468 e. The number of hydrogen-bond acceptors (Lipinski definition) is 2. The topological polar surface area (TPSA) is 25.2 Å². The zero-order valence-corrected chi connectivity index (χ0v) is 9.52. The molecule has 0 amide bonds. The molecule has 2 heteroatoms. The van der Waals surface area contributed by atoms with E-state index in [1.807, 2.05) is 18.2 Å². The van der Waals surface area contributed by atoms with Crippen molar-refractivity contribution in [3.63, 3.8) is 0 Å². The Hall–Kier alpha value is -1.54. The highest BCUT2D eigenvalue weighted by atomic mass is 16.3. The smallest absolute Gasteiger partial charge is 0.120 e. The fourth-order valence-electron chi connectivity index (χ4n) is 1.72. The van der Waals surface area contributed by atoms with Gasteiger partial charge in [-0.25, -0.2) is 0 Å². The first-order valence-electron chi connectivity index (χ1n) is 5.67. The Kier molecular flexibility index (Phi) is 3.78. The van der Waals surface area contributed by atoms with Crippen LogP contribution in [0.25, 0.3) is 0 Å². The van der Waals surface area contributed by atoms with Gasteiger partial charge in [0.15, 0.2) is 0 Å². The van der Waals surface area contributed by atoms with E-state index in [9.17, 15) is 0 Å². The average molecular weight is 215 g/mol. The van der Waals surface area contributed by atoms with Crippen molar-refractivity contribution in [2.75, 3.05) is 6.54 Å². The lowest BCUT2D eigenvalue weighted by Gasteiger charge is -2.10. The van der Waals surface area contributed by atoms with E-state index in [1.165, 1.54) is 5.56 Å². The summed E-state index contributed by atoms with van der Waals surface area (Å²) < 4.78 is 5.34. The highest BCUT2D eigenvalue weighted by molar-refractivity contribution is 5.15. The molecule has 0 aliphatic carbocycles. The van der Waals surface area contributed by atoms with Gasteiger partial charge < -0.3 is 9.73 Å². The minimum absolute atomic E-state index is 0.277. The third-order valence-electron chi connectivity index (χ3n) is 2.68. The first-order valence-corrected chi connectivity index (χ1v) is 5.67. The van der Waals surface area contributed by atoms with Gasteiger partial charge in [0.1, 0.15) is 5.76 Å². The van der Waals surface area contributed by atoms with Gasteiger partial charge in [0, 0.05) is 0 Å². The van der Waals surface area contributed by atoms with E-state index in [4.69, 9.17) is 4.42 Å². The summed E-state index contributed by atoms with van der Waals surface area (Å²) in [5.74, 6) is 0.994. The normalized spacial score (nSPS) is 12.6. The Morgan fingerprint density at radius 1 is 1.12 bits per heavy atom. The predicted octanol–water partition coefficient (Wildman–Crippen LogP) is 3.17. The average Bonchev–Trinajstić information content (AvgIpc) is 2.84. The third-order valence-corrected chi connectivity index (χ3v) is 2.68. The fourth-order valence-corrected chi connectivity index (χ4v) is 1.72. The van der Waals surface area contributed by atoms with Crippen LogP contribution in [0, 0.1) is 0 Å². The van der Waals surface area contributed by atoms with Crippen LogP contribution in [0.2, 0.25) is 0 Å². The zero-order chi connectivity index (χ0) is 11.2. The maximum absolute atomic E-state index is 5.34. The molecule has 0 unspecified atom stereocenters. The molecule has 0 aliphatic heterocycles. The number of hydrogen-bond donors (Lipinski definition) is 1. The van der Waals surface area contributed by atoms with Crippen molar-refractivity contribution in [2.24, 2.45) is 0 Å². The van der Waals surface area contributed by atoms with Gasteiger partial charge in [-0.15, -0.1) is 0 Å². The van der Waals surface area contributed by atoms with Crippen molar-refractivity contribution >= 4 is 0 Å². The van der Waals surface area contributed by atoms with Crippen molar-refractivity contribution in [3.8, 4) is 0 Å². The second-order valence-corrected chi connectivity index (χ2v) is 3.93. The van der Waals surface area contributed by atoms with Gasteiger partial charge in [0.25, 0.3) is 0 Å². The molecule has 2 aromatic rings. The number of nitrogens with one attached hydrogen (secondary N) is 1. The zero-order valence-electron chi connectivity index (χ0n) is 9.52. The summed E-state index contributed by atoms with van der Waals surface area (Å²) >= 11 is 0. The molecule has 16 heavy (non-hydrogen) atoms. The minimum atomic E-state index is 0.277. The van der Waals surface area contributed by atoms with Crippen LogP contribution in [0.5, 0.6) is 0 Å². The lowest BCUT2D eigenvalue weighted by atomic mass is 10.1. The van der Waals surface area contributed by atoms with Crippen LogP contribution in [0.15, 0.2) is 53.1 Å². The number of furan rings is 1. The molecule has 0 spiro atoms. The molecule has 1 aromatic carbocycles. The Balaban J connectivity index is 1.76. The maximum Gasteiger partial charge on any atom is 0.120 e. The molecule has 1 heterocycles. The molecule has 0 bridgehead atoms. The summed E-state index contributed by atoms with van der Waals surface area (Å²) in [5.41, 5.74) is 1.36. The lowest BCUT2D eigenvalue weighted by Crippen LogP contribution is -2.20. The SMILES string of the molecule is C[C@@H](NCCc1ccccc1)c1ccco1. The quantitative estimate of drug-likeness (QED) is 0.828. The summed E-state index contributed by atoms with van der Waals surface area (Å²) in [4.78, 5) is 0. The Labute approximate surface area is 96.3 Å². The Morgan fingerprint density at radius 2 is 1.94 bits per heavy atom. The molecule has 0 aliphatic rings. The van der Waals surface area contributed by atoms with E-state index >= 15 is 0 Å². The van der Waals surface area contributed by atoms with E-state index in [0.29, 0.717) is 0 Å². The number of benzene rings is 1. The summed E-state index contributed by atoms with van der Waals surface area (Å²) in [6, 6.07) is 14.7. The molecule has 0 saturated carbocycles. The second kappa shape index (κ2) is 5.52. The molecule has 1 aromatic heterocycles. The van der Waals surface area contributed by atoms with Gasteiger partial charge in [0.05, 0.1) is 12.3 Å². The van der Waals surface area contributed by atoms with Crippen molar-refractivity contribution in [3.05, 3.63) is 60.1 Å². The van der Waals surface area contributed by atoms with E-state index in [1.54, 1.807) is 6.26 Å². The van der Waals surface area contributed by atoms with Crippen LogP contribution in [-0.2, 0) is 6.42 Å². The Morgan fingerprint density at radius 3 is 2.62 bits per heavy atom. The molecular weight excluding hydrogens is 198 g/mol. The summed E-state index contributed by atoms with van der Waals surface area (Å²) in [6.07, 6.45) is 2.76. The van der Waals surface area contributed by atoms with Gasteiger partial charge >= 0.3 is 0 Å². The van der Waals surface area contributed by atoms with E-state index in [-0.39, 0.29) is 6.04 Å². The molecule has 0 radical (unpaired) electrons. The van der Waals surface area contributed by atoms with Gasteiger partial charge in [-0.1, -0.05) is 30.3 Å². The van der Waals surface area contributed by atoms with Crippen LogP contribution in [-0.4, -0.2) is 6.54 Å². The van der Waals surface area contributed by atoms with Crippen LogP contribution in [0.3, 0.4) is 0 Å². The van der Waals surface area contributed by atoms with Crippen LogP contribution in [0.4, 0.5) is 0 Å². The van der Waals surface area contributed by atoms with Crippen molar-refractivity contribution < 1.29 is 4.42 Å². The number of rotatable bonds is 5. The Bertz CT molecular complexity index is 394. The van der Waals surface area contributed by atoms with Crippen LogP contribution >= 0.6 is 0 Å². The van der Waals surface area contributed by atoms with Gasteiger partial charge in [-0.05, 0) is 37.6 Å². The standard InChI is InChI=1S/C14H17NO/c1-12(14-8-5-11-16-14)15-10-9-13-6-3-2-4-7-13/h2-8,11-12,15H,9-10H2,1H3/t12-/m1/s1. The van der Waals surface area contributed by atoms with Gasteiger partial charge in [-0.2, -0.15) is 0 Å². The predicted molar refractivity (Wildman–Crippen MR) is 65.3 cm³/mol. The first kappa shape index (κ1) is 11.0. The first-order chi connectivity index (χ1) is 7.86. The van der Waals surface area contributed by atoms with Crippen molar-refractivity contribution in [1.29, 1.82) is 0 Å². The summed E-state index contributed by atoms with van der Waals surface area (Å²) in [6.45, 7) is 3.08. The lowest BCUT2D eigenvalue weighted by molar-refractivity contribution is 0.432. The highest BCUT2D eigenvalue weighted by Crippen LogP contribution is 2.11. The molecule has 0 saturated heterocycles. The summed E-state index contributed by atoms with van der Waals surface area (Å²) in [5, 5.41) is 3.44. The molecule has 2 rings (SSSR count). The molecular formula is C14H17NO. The van der Waals surface area contributed by atoms with Crippen molar-refractivity contribution in [2.45, 2.75) is 19.4 Å². The van der Waals surface area contributed by atoms with Crippen LogP contribution < -0.4 is 5.32 Å². The monoisotopic (exact) mass is 215 g/mol. The van der Waals surface area contributed by atoms with Crippen molar-refractivity contribution in [1.82, 2.24) is 5.32 Å². The van der Waals surface area contributed by atoms with Gasteiger partial charge in [0.2, 0.25) is 0 Å². The van der Waals surface area contributed by atoms with E-state index in [2.05, 4.69) is 36.5 Å². The van der Waals surface area contributed by atoms with Gasteiger partial charge in [-0.3, -0.25) is 0 Å². The molecule has 84 valence electrons. The van der Waals surface area contributed by atoms with E-state index in [0.717, 1.165) is 18.7 Å². The molecule has 0 fully saturated rings. The second-order valence-electron chi connectivity index (χ2n) is 3.93. The third kappa shape index (κ3) is 2.97. The molecule has 2 nitrogen and oxygen atoms in total.